The van der Waals surface area contributed by atoms with Gasteiger partial charge in [-0.3, -0.25) is 0 Å². The second kappa shape index (κ2) is 7.49. The van der Waals surface area contributed by atoms with E-state index in [1.807, 2.05) is 6.07 Å². The summed E-state index contributed by atoms with van der Waals surface area (Å²) >= 11 is 0. The summed E-state index contributed by atoms with van der Waals surface area (Å²) in [6.45, 7) is 4.27. The topological polar surface area (TPSA) is 26.0 Å². The minimum absolute atomic E-state index is 0. The van der Waals surface area contributed by atoms with Crippen LogP contribution in [0.3, 0.4) is 0 Å². The first-order chi connectivity index (χ1) is 6.72. The minimum atomic E-state index is 0. The van der Waals surface area contributed by atoms with Gasteiger partial charge in [0.15, 0.2) is 0 Å². The van der Waals surface area contributed by atoms with E-state index in [1.54, 1.807) is 0 Å². The van der Waals surface area contributed by atoms with E-state index in [4.69, 9.17) is 5.73 Å². The Morgan fingerprint density at radius 2 is 1.93 bits per heavy atom. The maximum atomic E-state index is 5.89. The summed E-state index contributed by atoms with van der Waals surface area (Å²) in [4.78, 5) is 0. The van der Waals surface area contributed by atoms with Crippen molar-refractivity contribution in [3.8, 4) is 0 Å². The van der Waals surface area contributed by atoms with Gasteiger partial charge in [0.25, 0.3) is 0 Å². The molecule has 0 saturated heterocycles. The second-order valence-corrected chi connectivity index (χ2v) is 3.77. The minimum Gasteiger partial charge on any atom is -0.327 e. The first-order valence-electron chi connectivity index (χ1n) is 5.20. The molecule has 0 aromatic heterocycles. The van der Waals surface area contributed by atoms with Crippen molar-refractivity contribution in [2.75, 3.05) is 0 Å². The van der Waals surface area contributed by atoms with Gasteiger partial charge in [-0.15, -0.1) is 12.4 Å². The van der Waals surface area contributed by atoms with E-state index in [1.165, 1.54) is 11.1 Å². The highest BCUT2D eigenvalue weighted by Crippen LogP contribution is 2.11. The average Bonchev–Trinajstić information content (AvgIpc) is 2.19. The molecule has 0 saturated carbocycles. The molecule has 2 heteroatoms. The highest BCUT2D eigenvalue weighted by atomic mass is 35.5. The zero-order valence-electron chi connectivity index (χ0n) is 9.44. The summed E-state index contributed by atoms with van der Waals surface area (Å²) in [5, 5.41) is 0. The Labute approximate surface area is 98.8 Å². The van der Waals surface area contributed by atoms with Crippen LogP contribution in [0.15, 0.2) is 35.9 Å². The molecule has 0 aliphatic rings. The monoisotopic (exact) mass is 225 g/mol. The zero-order valence-corrected chi connectivity index (χ0v) is 10.3. The molecule has 2 N–H and O–H groups in total. The fraction of sp³-hybridized carbons (Fsp3) is 0.385. The molecule has 0 spiro atoms. The highest BCUT2D eigenvalue weighted by molar-refractivity contribution is 5.85. The molecular formula is C13H20ClN. The van der Waals surface area contributed by atoms with Gasteiger partial charge in [0.1, 0.15) is 0 Å². The quantitative estimate of drug-likeness (QED) is 0.832. The van der Waals surface area contributed by atoms with Gasteiger partial charge in [0, 0.05) is 6.04 Å². The molecule has 0 amide bonds. The zero-order chi connectivity index (χ0) is 10.4. The lowest BCUT2D eigenvalue weighted by Gasteiger charge is -2.08. The predicted molar refractivity (Wildman–Crippen MR) is 70.2 cm³/mol. The molecule has 0 aliphatic heterocycles. The maximum absolute atomic E-state index is 5.89. The Balaban J connectivity index is 0.00000196. The summed E-state index contributed by atoms with van der Waals surface area (Å²) in [5.41, 5.74) is 8.50. The molecule has 0 heterocycles. The van der Waals surface area contributed by atoms with Crippen LogP contribution in [-0.4, -0.2) is 6.04 Å². The number of hydrogen-bond donors (Lipinski definition) is 1. The first kappa shape index (κ1) is 14.2. The van der Waals surface area contributed by atoms with Gasteiger partial charge < -0.3 is 5.73 Å². The summed E-state index contributed by atoms with van der Waals surface area (Å²) < 4.78 is 0. The number of hydrogen-bond acceptors (Lipinski definition) is 1. The third-order valence-corrected chi connectivity index (χ3v) is 2.32. The Morgan fingerprint density at radius 1 is 1.33 bits per heavy atom. The fourth-order valence-corrected chi connectivity index (χ4v) is 1.45. The standard InChI is InChI=1S/C13H19N.ClH/c1-3-13(14)10-11(2)9-12-7-5-4-6-8-12;/h4-9,13H,3,10,14H2,1-2H3;1H/b11-9+;. The Kier molecular flexibility index (Phi) is 7.10. The van der Waals surface area contributed by atoms with E-state index in [2.05, 4.69) is 44.2 Å². The number of rotatable bonds is 4. The molecule has 0 fully saturated rings. The van der Waals surface area contributed by atoms with Crippen LogP contribution in [0.5, 0.6) is 0 Å². The van der Waals surface area contributed by atoms with Gasteiger partial charge >= 0.3 is 0 Å². The SMILES string of the molecule is CCC(N)C/C(C)=C/c1ccccc1.Cl. The van der Waals surface area contributed by atoms with Gasteiger partial charge in [-0.25, -0.2) is 0 Å². The molecule has 1 aromatic rings. The van der Waals surface area contributed by atoms with Crippen molar-refractivity contribution < 1.29 is 0 Å². The first-order valence-corrected chi connectivity index (χ1v) is 5.20. The van der Waals surface area contributed by atoms with Gasteiger partial charge in [-0.05, 0) is 25.3 Å². The molecule has 0 radical (unpaired) electrons. The van der Waals surface area contributed by atoms with Crippen LogP contribution >= 0.6 is 12.4 Å². The Bertz CT molecular complexity index is 293. The van der Waals surface area contributed by atoms with Crippen LogP contribution in [0.1, 0.15) is 32.3 Å². The van der Waals surface area contributed by atoms with E-state index in [0.717, 1.165) is 12.8 Å². The van der Waals surface area contributed by atoms with E-state index in [-0.39, 0.29) is 12.4 Å². The molecule has 1 unspecified atom stereocenters. The number of benzene rings is 1. The molecule has 1 atom stereocenters. The van der Waals surface area contributed by atoms with E-state index in [0.29, 0.717) is 6.04 Å². The van der Waals surface area contributed by atoms with Gasteiger partial charge in [-0.2, -0.15) is 0 Å². The third-order valence-electron chi connectivity index (χ3n) is 2.32. The predicted octanol–water partition coefficient (Wildman–Crippen LogP) is 3.64. The van der Waals surface area contributed by atoms with E-state index >= 15 is 0 Å². The maximum Gasteiger partial charge on any atom is 0.00734 e. The van der Waals surface area contributed by atoms with Gasteiger partial charge in [0.05, 0.1) is 0 Å². The second-order valence-electron chi connectivity index (χ2n) is 3.77. The summed E-state index contributed by atoms with van der Waals surface area (Å²) in [5.74, 6) is 0. The third kappa shape index (κ3) is 5.60. The van der Waals surface area contributed by atoms with Crippen molar-refractivity contribution in [1.29, 1.82) is 0 Å². The molecule has 0 bridgehead atoms. The van der Waals surface area contributed by atoms with E-state index < -0.39 is 0 Å². The Morgan fingerprint density at radius 3 is 2.47 bits per heavy atom. The van der Waals surface area contributed by atoms with Crippen molar-refractivity contribution in [3.05, 3.63) is 41.5 Å². The van der Waals surface area contributed by atoms with Crippen molar-refractivity contribution in [2.45, 2.75) is 32.7 Å². The lowest BCUT2D eigenvalue weighted by Crippen LogP contribution is -2.18. The smallest absolute Gasteiger partial charge is 0.00734 e. The number of halogens is 1. The average molecular weight is 226 g/mol. The molecular weight excluding hydrogens is 206 g/mol. The van der Waals surface area contributed by atoms with Crippen molar-refractivity contribution in [2.24, 2.45) is 5.73 Å². The van der Waals surface area contributed by atoms with Crippen molar-refractivity contribution in [3.63, 3.8) is 0 Å². The molecule has 1 nitrogen and oxygen atoms in total. The molecule has 1 aromatic carbocycles. The molecule has 15 heavy (non-hydrogen) atoms. The van der Waals surface area contributed by atoms with Crippen LogP contribution in [0, 0.1) is 0 Å². The lowest BCUT2D eigenvalue weighted by atomic mass is 10.0. The normalized spacial score (nSPS) is 13.1. The van der Waals surface area contributed by atoms with Gasteiger partial charge in [0.2, 0.25) is 0 Å². The lowest BCUT2D eigenvalue weighted by molar-refractivity contribution is 0.644. The van der Waals surface area contributed by atoms with Crippen LogP contribution in [0.2, 0.25) is 0 Å². The van der Waals surface area contributed by atoms with Crippen LogP contribution in [0.4, 0.5) is 0 Å². The molecule has 1 rings (SSSR count). The van der Waals surface area contributed by atoms with Crippen molar-refractivity contribution >= 4 is 18.5 Å². The fourth-order valence-electron chi connectivity index (χ4n) is 1.45. The van der Waals surface area contributed by atoms with Crippen LogP contribution in [-0.2, 0) is 0 Å². The van der Waals surface area contributed by atoms with Crippen LogP contribution in [0.25, 0.3) is 6.08 Å². The van der Waals surface area contributed by atoms with Gasteiger partial charge in [-0.1, -0.05) is 48.9 Å². The summed E-state index contributed by atoms with van der Waals surface area (Å²) in [6, 6.07) is 10.7. The van der Waals surface area contributed by atoms with Crippen LogP contribution < -0.4 is 5.73 Å². The molecule has 0 aliphatic carbocycles. The largest absolute Gasteiger partial charge is 0.327 e. The van der Waals surface area contributed by atoms with Crippen molar-refractivity contribution in [1.82, 2.24) is 0 Å². The molecule has 84 valence electrons. The number of nitrogens with two attached hydrogens (primary N) is 1. The van der Waals surface area contributed by atoms with E-state index in [9.17, 15) is 0 Å². The summed E-state index contributed by atoms with van der Waals surface area (Å²) in [7, 11) is 0. The highest BCUT2D eigenvalue weighted by Gasteiger charge is 1.99. The Hall–Kier alpha value is -0.790. The summed E-state index contributed by atoms with van der Waals surface area (Å²) in [6.07, 6.45) is 4.24.